The monoisotopic (exact) mass is 190 g/mol. The number of anilines is 1. The summed E-state index contributed by atoms with van der Waals surface area (Å²) in [5.74, 6) is 0. The molecular formula is C9H10N4O. The number of hydrogen-bond donors (Lipinski definition) is 2. The van der Waals surface area contributed by atoms with Crippen LogP contribution < -0.4 is 10.4 Å². The second kappa shape index (κ2) is 3.99. The first-order chi connectivity index (χ1) is 6.92. The van der Waals surface area contributed by atoms with Gasteiger partial charge in [-0.25, -0.2) is 9.98 Å². The molecule has 1 heterocycles. The van der Waals surface area contributed by atoms with Gasteiger partial charge in [-0.05, 0) is 12.1 Å². The lowest BCUT2D eigenvalue weighted by atomic mass is 10.3. The summed E-state index contributed by atoms with van der Waals surface area (Å²) in [6.45, 7) is 0. The highest BCUT2D eigenvalue weighted by molar-refractivity contribution is 5.87. The topological polar surface area (TPSA) is 60.2 Å². The molecular weight excluding hydrogens is 180 g/mol. The van der Waals surface area contributed by atoms with Crippen molar-refractivity contribution in [1.82, 2.24) is 5.48 Å². The fourth-order valence-electron chi connectivity index (χ4n) is 1.24. The number of nitrogens with zero attached hydrogens (tertiary/aromatic N) is 3. The van der Waals surface area contributed by atoms with Gasteiger partial charge in [-0.15, -0.1) is 0 Å². The van der Waals surface area contributed by atoms with Crippen LogP contribution in [0.1, 0.15) is 0 Å². The zero-order chi connectivity index (χ0) is 9.80. The second-order valence-electron chi connectivity index (χ2n) is 2.77. The maximum Gasteiger partial charge on any atom is 0.204 e. The van der Waals surface area contributed by atoms with Crippen molar-refractivity contribution in [3.8, 4) is 0 Å². The molecule has 1 aliphatic heterocycles. The van der Waals surface area contributed by atoms with Crippen molar-refractivity contribution >= 4 is 18.4 Å². The van der Waals surface area contributed by atoms with Gasteiger partial charge in [-0.2, -0.15) is 5.48 Å². The molecule has 1 aromatic rings. The van der Waals surface area contributed by atoms with Crippen molar-refractivity contribution in [3.63, 3.8) is 0 Å². The minimum atomic E-state index is -0.505. The summed E-state index contributed by atoms with van der Waals surface area (Å²) in [5, 5.41) is 8.86. The summed E-state index contributed by atoms with van der Waals surface area (Å²) in [6, 6.07) is 9.58. The van der Waals surface area contributed by atoms with Crippen molar-refractivity contribution in [2.75, 3.05) is 4.90 Å². The Labute approximate surface area is 81.4 Å². The van der Waals surface area contributed by atoms with Gasteiger partial charge < -0.3 is 5.21 Å². The van der Waals surface area contributed by atoms with Gasteiger partial charge in [0.2, 0.25) is 6.29 Å². The maximum atomic E-state index is 8.86. The second-order valence-corrected chi connectivity index (χ2v) is 2.77. The predicted molar refractivity (Wildman–Crippen MR) is 54.6 cm³/mol. The van der Waals surface area contributed by atoms with Gasteiger partial charge in [0.1, 0.15) is 6.34 Å². The Morgan fingerprint density at radius 1 is 1.29 bits per heavy atom. The summed E-state index contributed by atoms with van der Waals surface area (Å²) in [6.07, 6.45) is 2.50. The van der Waals surface area contributed by atoms with Crippen LogP contribution in [0.3, 0.4) is 0 Å². The van der Waals surface area contributed by atoms with E-state index in [1.54, 1.807) is 11.2 Å². The zero-order valence-electron chi connectivity index (χ0n) is 7.41. The molecule has 0 aromatic heterocycles. The van der Waals surface area contributed by atoms with Crippen molar-refractivity contribution in [2.24, 2.45) is 9.98 Å². The minimum Gasteiger partial charge on any atom is -0.313 e. The van der Waals surface area contributed by atoms with E-state index in [4.69, 9.17) is 5.21 Å². The number of hydroxylamine groups is 1. The molecule has 0 spiro atoms. The average Bonchev–Trinajstić information content (AvgIpc) is 2.30. The Balaban J connectivity index is 2.25. The van der Waals surface area contributed by atoms with Crippen LogP contribution >= 0.6 is 0 Å². The largest absolute Gasteiger partial charge is 0.313 e. The van der Waals surface area contributed by atoms with Crippen LogP contribution in [0.4, 0.5) is 5.69 Å². The van der Waals surface area contributed by atoms with Crippen LogP contribution in [-0.4, -0.2) is 24.2 Å². The molecule has 0 saturated heterocycles. The number of hydrogen-bond acceptors (Lipinski definition) is 5. The van der Waals surface area contributed by atoms with E-state index in [0.29, 0.717) is 0 Å². The maximum absolute atomic E-state index is 8.86. The standard InChI is InChI=1S/C9H10N4O/c14-12-9-11-6-10-7-13(9)8-4-2-1-3-5-8/h1-7,9,12,14H. The van der Waals surface area contributed by atoms with Gasteiger partial charge in [0, 0.05) is 5.69 Å². The third-order valence-electron chi connectivity index (χ3n) is 1.90. The number of nitrogens with one attached hydrogen (secondary N) is 1. The van der Waals surface area contributed by atoms with Crippen LogP contribution in [0.2, 0.25) is 0 Å². The molecule has 14 heavy (non-hydrogen) atoms. The van der Waals surface area contributed by atoms with Crippen molar-refractivity contribution < 1.29 is 5.21 Å². The Bertz CT molecular complexity index is 349. The lowest BCUT2D eigenvalue weighted by Gasteiger charge is -2.26. The van der Waals surface area contributed by atoms with Crippen molar-refractivity contribution in [3.05, 3.63) is 30.3 Å². The SMILES string of the molecule is ONC1N=CN=CN1c1ccccc1. The molecule has 1 aromatic carbocycles. The molecule has 1 unspecified atom stereocenters. The van der Waals surface area contributed by atoms with Gasteiger partial charge in [-0.1, -0.05) is 18.2 Å². The first-order valence-corrected chi connectivity index (χ1v) is 4.20. The first kappa shape index (κ1) is 8.86. The van der Waals surface area contributed by atoms with E-state index in [1.807, 2.05) is 30.3 Å². The van der Waals surface area contributed by atoms with Crippen molar-refractivity contribution in [2.45, 2.75) is 6.29 Å². The highest BCUT2D eigenvalue weighted by Gasteiger charge is 2.16. The van der Waals surface area contributed by atoms with Gasteiger partial charge in [0.15, 0.2) is 0 Å². The third kappa shape index (κ3) is 1.63. The number of para-hydroxylation sites is 1. The van der Waals surface area contributed by atoms with Crippen LogP contribution in [0.25, 0.3) is 0 Å². The molecule has 0 fully saturated rings. The lowest BCUT2D eigenvalue weighted by Crippen LogP contribution is -2.44. The molecule has 0 aliphatic carbocycles. The summed E-state index contributed by atoms with van der Waals surface area (Å²) in [7, 11) is 0. The zero-order valence-corrected chi connectivity index (χ0v) is 7.41. The molecule has 2 rings (SSSR count). The Morgan fingerprint density at radius 2 is 2.07 bits per heavy atom. The number of aliphatic imine (C=N–C) groups is 2. The Kier molecular flexibility index (Phi) is 2.53. The summed E-state index contributed by atoms with van der Waals surface area (Å²) >= 11 is 0. The van der Waals surface area contributed by atoms with Gasteiger partial charge in [0.25, 0.3) is 0 Å². The molecule has 0 radical (unpaired) electrons. The van der Waals surface area contributed by atoms with E-state index in [-0.39, 0.29) is 0 Å². The van der Waals surface area contributed by atoms with Gasteiger partial charge in [0.05, 0.1) is 6.34 Å². The van der Waals surface area contributed by atoms with Gasteiger partial charge in [-0.3, -0.25) is 4.90 Å². The Hall–Kier alpha value is -1.72. The van der Waals surface area contributed by atoms with Crippen LogP contribution in [-0.2, 0) is 0 Å². The quantitative estimate of drug-likeness (QED) is 0.679. The lowest BCUT2D eigenvalue weighted by molar-refractivity contribution is 0.132. The van der Waals surface area contributed by atoms with E-state index in [1.165, 1.54) is 6.34 Å². The fourth-order valence-corrected chi connectivity index (χ4v) is 1.24. The first-order valence-electron chi connectivity index (χ1n) is 4.20. The van der Waals surface area contributed by atoms with E-state index < -0.39 is 6.29 Å². The van der Waals surface area contributed by atoms with E-state index in [2.05, 4.69) is 15.5 Å². The molecule has 0 amide bonds. The smallest absolute Gasteiger partial charge is 0.204 e. The van der Waals surface area contributed by atoms with Crippen molar-refractivity contribution in [1.29, 1.82) is 0 Å². The number of rotatable bonds is 2. The molecule has 72 valence electrons. The molecule has 1 aliphatic rings. The highest BCUT2D eigenvalue weighted by atomic mass is 16.5. The molecule has 2 N–H and O–H groups in total. The molecule has 1 atom stereocenters. The predicted octanol–water partition coefficient (Wildman–Crippen LogP) is 0.826. The molecule has 5 nitrogen and oxygen atoms in total. The summed E-state index contributed by atoms with van der Waals surface area (Å²) in [5.41, 5.74) is 3.01. The summed E-state index contributed by atoms with van der Waals surface area (Å²) in [4.78, 5) is 9.56. The minimum absolute atomic E-state index is 0.505. The Morgan fingerprint density at radius 3 is 2.79 bits per heavy atom. The molecule has 5 heteroatoms. The fraction of sp³-hybridized carbons (Fsp3) is 0.111. The highest BCUT2D eigenvalue weighted by Crippen LogP contribution is 2.15. The normalized spacial score (nSPS) is 20.1. The van der Waals surface area contributed by atoms with Crippen LogP contribution in [0.15, 0.2) is 40.3 Å². The molecule has 0 saturated carbocycles. The van der Waals surface area contributed by atoms with E-state index in [0.717, 1.165) is 5.69 Å². The van der Waals surface area contributed by atoms with E-state index >= 15 is 0 Å². The number of benzene rings is 1. The van der Waals surface area contributed by atoms with Crippen LogP contribution in [0, 0.1) is 0 Å². The van der Waals surface area contributed by atoms with E-state index in [9.17, 15) is 0 Å². The average molecular weight is 190 g/mol. The van der Waals surface area contributed by atoms with Crippen LogP contribution in [0.5, 0.6) is 0 Å². The molecule has 0 bridgehead atoms. The third-order valence-corrected chi connectivity index (χ3v) is 1.90. The van der Waals surface area contributed by atoms with Gasteiger partial charge >= 0.3 is 0 Å². The summed E-state index contributed by atoms with van der Waals surface area (Å²) < 4.78 is 0.